The van der Waals surface area contributed by atoms with Crippen molar-refractivity contribution >= 4 is 17.1 Å². The van der Waals surface area contributed by atoms with Crippen molar-refractivity contribution in [1.82, 2.24) is 0 Å². The number of rotatable bonds is 3. The number of fused-ring (bicyclic) bond motifs is 13. The van der Waals surface area contributed by atoms with E-state index < -0.39 is 12.3 Å². The summed E-state index contributed by atoms with van der Waals surface area (Å²) in [5, 5.41) is 0. The van der Waals surface area contributed by atoms with Crippen LogP contribution in [0.25, 0.3) is 33.4 Å². The summed E-state index contributed by atoms with van der Waals surface area (Å²) < 4.78 is 25.8. The fourth-order valence-electron chi connectivity index (χ4n) is 9.15. The number of hydrogen-bond donors (Lipinski definition) is 0. The maximum Gasteiger partial charge on any atom is 0.0726 e. The van der Waals surface area contributed by atoms with Crippen molar-refractivity contribution < 1.29 is 4.11 Å². The van der Waals surface area contributed by atoms with Crippen LogP contribution >= 0.6 is 0 Å². The summed E-state index contributed by atoms with van der Waals surface area (Å²) in [7, 11) is 0. The van der Waals surface area contributed by atoms with E-state index in [1.54, 1.807) is 6.07 Å². The van der Waals surface area contributed by atoms with Crippen LogP contribution in [0.1, 0.15) is 56.9 Å². The predicted molar refractivity (Wildman–Crippen MR) is 200 cm³/mol. The third kappa shape index (κ3) is 3.41. The normalized spacial score (nSPS) is 16.1. The number of hydrogen-bond acceptors (Lipinski definition) is 1. The lowest BCUT2D eigenvalue weighted by Gasteiger charge is -2.33. The second-order valence-electron chi connectivity index (χ2n) is 13.9. The average Bonchev–Trinajstić information content (AvgIpc) is 3.70. The molecule has 0 aromatic heterocycles. The van der Waals surface area contributed by atoms with E-state index in [0.717, 1.165) is 11.4 Å². The highest BCUT2D eigenvalue weighted by atomic mass is 15.1. The highest BCUT2D eigenvalue weighted by Gasteiger charge is 2.51. The molecule has 7 aromatic carbocycles. The molecule has 3 aliphatic rings. The lowest BCUT2D eigenvalue weighted by molar-refractivity contribution is 0.660. The second kappa shape index (κ2) is 9.69. The van der Waals surface area contributed by atoms with Gasteiger partial charge < -0.3 is 4.90 Å². The molecule has 0 amide bonds. The Bertz CT molecular complexity index is 2510. The van der Waals surface area contributed by atoms with Crippen molar-refractivity contribution in [2.75, 3.05) is 4.90 Å². The standard InChI is InChI=1S/C47H35N/c1-30-14-4-13-23-45(30)48(31-24-26-37-33-15-5-9-19-39(33)46(2,3)43(37)28-31)32-25-27-38-36-18-8-12-22-42(36)47(44(38)29-32)40-20-10-6-16-34(40)35-17-7-11-21-41(35)47/h4-29H,1-3H3/i1D3. The van der Waals surface area contributed by atoms with Crippen LogP contribution < -0.4 is 4.90 Å². The van der Waals surface area contributed by atoms with Crippen molar-refractivity contribution in [3.8, 4) is 33.4 Å². The first-order valence-corrected chi connectivity index (χ1v) is 16.8. The minimum atomic E-state index is -2.31. The Kier molecular flexibility index (Phi) is 4.94. The van der Waals surface area contributed by atoms with Crippen molar-refractivity contribution in [2.45, 2.75) is 31.5 Å². The van der Waals surface area contributed by atoms with Gasteiger partial charge in [-0.05, 0) is 110 Å². The van der Waals surface area contributed by atoms with Gasteiger partial charge in [-0.1, -0.05) is 141 Å². The Morgan fingerprint density at radius 3 is 1.40 bits per heavy atom. The molecule has 1 spiro atoms. The first-order chi connectivity index (χ1) is 24.7. The number of nitrogens with zero attached hydrogens (tertiary/aromatic N) is 1. The molecule has 228 valence electrons. The zero-order valence-corrected chi connectivity index (χ0v) is 27.0. The van der Waals surface area contributed by atoms with Gasteiger partial charge >= 0.3 is 0 Å². The zero-order chi connectivity index (χ0) is 34.7. The van der Waals surface area contributed by atoms with E-state index in [1.165, 1.54) is 66.8 Å². The third-order valence-electron chi connectivity index (χ3n) is 11.2. The van der Waals surface area contributed by atoms with Gasteiger partial charge in [0.25, 0.3) is 0 Å². The highest BCUT2D eigenvalue weighted by Crippen LogP contribution is 2.63. The van der Waals surface area contributed by atoms with Gasteiger partial charge in [-0.15, -0.1) is 0 Å². The molecular weight excluding hydrogens is 579 g/mol. The van der Waals surface area contributed by atoms with Gasteiger partial charge in [-0.25, -0.2) is 0 Å². The number of para-hydroxylation sites is 1. The first kappa shape index (κ1) is 24.5. The monoisotopic (exact) mass is 616 g/mol. The summed E-state index contributed by atoms with van der Waals surface area (Å²) in [5.41, 5.74) is 17.1. The summed E-state index contributed by atoms with van der Waals surface area (Å²) in [6, 6.07) is 56.0. The molecule has 0 aliphatic heterocycles. The number of benzene rings is 7. The maximum atomic E-state index is 8.62. The van der Waals surface area contributed by atoms with E-state index in [0.29, 0.717) is 11.3 Å². The van der Waals surface area contributed by atoms with E-state index in [1.807, 2.05) is 18.2 Å². The Labute approximate surface area is 287 Å². The molecule has 0 bridgehead atoms. The minimum Gasteiger partial charge on any atom is -0.310 e. The molecule has 0 saturated heterocycles. The van der Waals surface area contributed by atoms with Gasteiger partial charge in [0.05, 0.1) is 5.41 Å². The summed E-state index contributed by atoms with van der Waals surface area (Å²) in [6.07, 6.45) is 0. The van der Waals surface area contributed by atoms with Crippen LogP contribution in [0.2, 0.25) is 0 Å². The highest BCUT2D eigenvalue weighted by molar-refractivity contribution is 5.96. The number of anilines is 3. The quantitative estimate of drug-likeness (QED) is 0.191. The van der Waals surface area contributed by atoms with Crippen molar-refractivity contribution in [3.05, 3.63) is 197 Å². The van der Waals surface area contributed by atoms with Gasteiger partial charge in [-0.3, -0.25) is 0 Å². The molecule has 0 fully saturated rings. The van der Waals surface area contributed by atoms with Crippen molar-refractivity contribution in [2.24, 2.45) is 0 Å². The second-order valence-corrected chi connectivity index (χ2v) is 13.9. The van der Waals surface area contributed by atoms with Crippen molar-refractivity contribution in [3.63, 3.8) is 0 Å². The van der Waals surface area contributed by atoms with E-state index in [9.17, 15) is 0 Å². The Morgan fingerprint density at radius 1 is 0.417 bits per heavy atom. The summed E-state index contributed by atoms with van der Waals surface area (Å²) >= 11 is 0. The third-order valence-corrected chi connectivity index (χ3v) is 11.2. The van der Waals surface area contributed by atoms with E-state index in [-0.39, 0.29) is 5.41 Å². The van der Waals surface area contributed by atoms with Crippen LogP contribution in [0, 0.1) is 6.85 Å². The van der Waals surface area contributed by atoms with Gasteiger partial charge in [-0.2, -0.15) is 0 Å². The average molecular weight is 617 g/mol. The summed E-state index contributed by atoms with van der Waals surface area (Å²) in [5.74, 6) is 0. The molecule has 0 atom stereocenters. The Morgan fingerprint density at radius 2 is 0.833 bits per heavy atom. The molecule has 7 aromatic rings. The van der Waals surface area contributed by atoms with E-state index in [2.05, 4.69) is 152 Å². The van der Waals surface area contributed by atoms with E-state index in [4.69, 9.17) is 4.11 Å². The smallest absolute Gasteiger partial charge is 0.0726 e. The topological polar surface area (TPSA) is 3.24 Å². The lowest BCUT2D eigenvalue weighted by Crippen LogP contribution is -2.26. The SMILES string of the molecule is [2H]C([2H])([2H])c1ccccc1N(c1ccc2c(c1)C(C)(C)c1ccccc1-2)c1ccc2c(c1)C1(c3ccccc3-c3ccccc31)c1ccccc1-2. The molecule has 0 saturated carbocycles. The molecule has 0 unspecified atom stereocenters. The zero-order valence-electron chi connectivity index (χ0n) is 30.0. The minimum absolute atomic E-state index is 0.210. The summed E-state index contributed by atoms with van der Waals surface area (Å²) in [4.78, 5) is 2.17. The molecule has 3 aliphatic carbocycles. The predicted octanol–water partition coefficient (Wildman–Crippen LogP) is 12.1. The van der Waals surface area contributed by atoms with Crippen LogP contribution in [0.5, 0.6) is 0 Å². The molecule has 0 N–H and O–H groups in total. The maximum absolute atomic E-state index is 8.62. The fourth-order valence-corrected chi connectivity index (χ4v) is 9.15. The Hall–Kier alpha value is -5.66. The molecule has 0 heterocycles. The van der Waals surface area contributed by atoms with Crippen LogP contribution in [-0.2, 0) is 10.8 Å². The molecule has 1 nitrogen and oxygen atoms in total. The van der Waals surface area contributed by atoms with Crippen molar-refractivity contribution in [1.29, 1.82) is 0 Å². The molecular formula is C47H35N. The van der Waals surface area contributed by atoms with Gasteiger partial charge in [0.2, 0.25) is 0 Å². The van der Waals surface area contributed by atoms with Gasteiger partial charge in [0, 0.05) is 26.6 Å². The fraction of sp³-hybridized carbons (Fsp3) is 0.106. The molecule has 1 heteroatoms. The van der Waals surface area contributed by atoms with Crippen LogP contribution in [-0.4, -0.2) is 0 Å². The van der Waals surface area contributed by atoms with E-state index >= 15 is 0 Å². The van der Waals surface area contributed by atoms with Crippen LogP contribution in [0.15, 0.2) is 158 Å². The lowest BCUT2D eigenvalue weighted by atomic mass is 9.70. The van der Waals surface area contributed by atoms with Gasteiger partial charge in [0.1, 0.15) is 0 Å². The summed E-state index contributed by atoms with van der Waals surface area (Å²) in [6.45, 7) is 2.26. The Balaban J connectivity index is 1.26. The van der Waals surface area contributed by atoms with Gasteiger partial charge in [0.15, 0.2) is 0 Å². The van der Waals surface area contributed by atoms with Crippen LogP contribution in [0.4, 0.5) is 17.1 Å². The molecule has 48 heavy (non-hydrogen) atoms. The first-order valence-electron chi connectivity index (χ1n) is 18.3. The molecule has 10 rings (SSSR count). The largest absolute Gasteiger partial charge is 0.310 e. The number of aryl methyl sites for hydroxylation is 1. The van der Waals surface area contributed by atoms with Crippen LogP contribution in [0.3, 0.4) is 0 Å². The molecule has 0 radical (unpaired) electrons.